The molecule has 0 amide bonds. The van der Waals surface area contributed by atoms with Gasteiger partial charge < -0.3 is 20.1 Å². The van der Waals surface area contributed by atoms with Crippen molar-refractivity contribution in [1.82, 2.24) is 15.6 Å². The number of rotatable bonds is 11. The Morgan fingerprint density at radius 1 is 1.30 bits per heavy atom. The summed E-state index contributed by atoms with van der Waals surface area (Å²) in [5.74, 6) is 0.936. The molecule has 2 rings (SSSR count). The summed E-state index contributed by atoms with van der Waals surface area (Å²) in [6.45, 7) is 5.10. The van der Waals surface area contributed by atoms with E-state index < -0.39 is 17.6 Å². The minimum Gasteiger partial charge on any atom is -0.475 e. The van der Waals surface area contributed by atoms with Crippen LogP contribution in [-0.2, 0) is 10.9 Å². The summed E-state index contributed by atoms with van der Waals surface area (Å²) in [5, 5.41) is 6.12. The van der Waals surface area contributed by atoms with Gasteiger partial charge in [0, 0.05) is 32.5 Å². The van der Waals surface area contributed by atoms with E-state index in [1.165, 1.54) is 25.1 Å². The van der Waals surface area contributed by atoms with Crippen LogP contribution in [0.15, 0.2) is 23.3 Å². The molecule has 1 saturated carbocycles. The molecule has 27 heavy (non-hydrogen) atoms. The van der Waals surface area contributed by atoms with Crippen LogP contribution in [0.2, 0.25) is 0 Å². The van der Waals surface area contributed by atoms with Crippen molar-refractivity contribution in [2.24, 2.45) is 10.9 Å². The molecule has 2 N–H and O–H groups in total. The second kappa shape index (κ2) is 11.0. The quantitative estimate of drug-likeness (QED) is 0.347. The van der Waals surface area contributed by atoms with E-state index in [0.29, 0.717) is 32.2 Å². The molecule has 0 aliphatic heterocycles. The van der Waals surface area contributed by atoms with Gasteiger partial charge >= 0.3 is 6.18 Å². The van der Waals surface area contributed by atoms with Crippen molar-refractivity contribution in [1.29, 1.82) is 0 Å². The Hall–Kier alpha value is -2.03. The summed E-state index contributed by atoms with van der Waals surface area (Å²) in [4.78, 5) is 8.07. The molecule has 1 aromatic heterocycles. The summed E-state index contributed by atoms with van der Waals surface area (Å²) in [6, 6.07) is 2.19. The van der Waals surface area contributed by atoms with Crippen molar-refractivity contribution < 1.29 is 22.6 Å². The molecule has 0 atom stereocenters. The van der Waals surface area contributed by atoms with Crippen molar-refractivity contribution in [3.63, 3.8) is 0 Å². The predicted molar refractivity (Wildman–Crippen MR) is 96.9 cm³/mol. The van der Waals surface area contributed by atoms with Crippen LogP contribution in [0.4, 0.5) is 13.2 Å². The highest BCUT2D eigenvalue weighted by atomic mass is 19.4. The molecule has 1 aliphatic rings. The Balaban J connectivity index is 1.68. The van der Waals surface area contributed by atoms with E-state index in [2.05, 4.69) is 20.6 Å². The normalized spacial score (nSPS) is 14.9. The first kappa shape index (κ1) is 21.3. The Labute approximate surface area is 157 Å². The van der Waals surface area contributed by atoms with Crippen molar-refractivity contribution in [3.05, 3.63) is 23.9 Å². The number of hydrogen-bond donors (Lipinski definition) is 2. The molecular formula is C18H27F3N4O2. The third kappa shape index (κ3) is 8.47. The molecule has 0 saturated heterocycles. The first-order valence-electron chi connectivity index (χ1n) is 9.25. The molecule has 1 heterocycles. The number of halogens is 3. The van der Waals surface area contributed by atoms with Gasteiger partial charge in [0.1, 0.15) is 12.2 Å². The highest BCUT2D eigenvalue weighted by Gasteiger charge is 2.34. The Morgan fingerprint density at radius 3 is 2.81 bits per heavy atom. The van der Waals surface area contributed by atoms with Gasteiger partial charge in [0.05, 0.1) is 6.54 Å². The lowest BCUT2D eigenvalue weighted by Crippen LogP contribution is -2.39. The van der Waals surface area contributed by atoms with Crippen molar-refractivity contribution in [3.8, 4) is 5.88 Å². The van der Waals surface area contributed by atoms with Crippen molar-refractivity contribution in [2.75, 3.05) is 39.5 Å². The molecule has 0 unspecified atom stereocenters. The SMILES string of the molecule is CCNC(=NCCCOCC1CC1)NCCOc1ncccc1C(F)(F)F. The second-order valence-corrected chi connectivity index (χ2v) is 6.26. The van der Waals surface area contributed by atoms with Crippen LogP contribution >= 0.6 is 0 Å². The van der Waals surface area contributed by atoms with Gasteiger partial charge in [-0.05, 0) is 44.2 Å². The van der Waals surface area contributed by atoms with E-state index in [1.54, 1.807) is 0 Å². The molecule has 1 aromatic rings. The van der Waals surface area contributed by atoms with Gasteiger partial charge in [-0.15, -0.1) is 0 Å². The van der Waals surface area contributed by atoms with Crippen LogP contribution in [0.1, 0.15) is 31.7 Å². The monoisotopic (exact) mass is 388 g/mol. The van der Waals surface area contributed by atoms with E-state index >= 15 is 0 Å². The average molecular weight is 388 g/mol. The number of nitrogens with zero attached hydrogens (tertiary/aromatic N) is 2. The molecule has 9 heteroatoms. The van der Waals surface area contributed by atoms with Gasteiger partial charge in [-0.3, -0.25) is 4.99 Å². The van der Waals surface area contributed by atoms with Crippen molar-refractivity contribution in [2.45, 2.75) is 32.4 Å². The maximum atomic E-state index is 12.9. The maximum Gasteiger partial charge on any atom is 0.421 e. The lowest BCUT2D eigenvalue weighted by atomic mass is 10.2. The average Bonchev–Trinajstić information content (AvgIpc) is 3.45. The van der Waals surface area contributed by atoms with E-state index in [-0.39, 0.29) is 6.61 Å². The van der Waals surface area contributed by atoms with E-state index in [4.69, 9.17) is 9.47 Å². The van der Waals surface area contributed by atoms with E-state index in [9.17, 15) is 13.2 Å². The van der Waals surface area contributed by atoms with Crippen LogP contribution in [0.3, 0.4) is 0 Å². The summed E-state index contributed by atoms with van der Waals surface area (Å²) in [5.41, 5.74) is -0.878. The number of nitrogens with one attached hydrogen (secondary N) is 2. The number of hydrogen-bond acceptors (Lipinski definition) is 4. The minimum atomic E-state index is -4.49. The third-order valence-electron chi connectivity index (χ3n) is 3.82. The maximum absolute atomic E-state index is 12.9. The summed E-state index contributed by atoms with van der Waals surface area (Å²) < 4.78 is 49.4. The van der Waals surface area contributed by atoms with E-state index in [1.807, 2.05) is 6.92 Å². The van der Waals surface area contributed by atoms with Gasteiger partial charge in [-0.1, -0.05) is 0 Å². The molecule has 0 spiro atoms. The Kier molecular flexibility index (Phi) is 8.63. The first-order chi connectivity index (χ1) is 13.0. The number of aliphatic imine (C=N–C) groups is 1. The zero-order valence-corrected chi connectivity index (χ0v) is 15.5. The Bertz CT molecular complexity index is 592. The molecule has 0 bridgehead atoms. The first-order valence-corrected chi connectivity index (χ1v) is 9.25. The fourth-order valence-corrected chi connectivity index (χ4v) is 2.27. The summed E-state index contributed by atoms with van der Waals surface area (Å²) in [6.07, 6.45) is 0.155. The fourth-order valence-electron chi connectivity index (χ4n) is 2.27. The fraction of sp³-hybridized carbons (Fsp3) is 0.667. The van der Waals surface area contributed by atoms with Crippen LogP contribution < -0.4 is 15.4 Å². The summed E-state index contributed by atoms with van der Waals surface area (Å²) >= 11 is 0. The number of ether oxygens (including phenoxy) is 2. The van der Waals surface area contributed by atoms with Gasteiger partial charge in [0.2, 0.25) is 5.88 Å². The minimum absolute atomic E-state index is 0.0367. The molecular weight excluding hydrogens is 361 g/mol. The molecule has 152 valence electrons. The van der Waals surface area contributed by atoms with Crippen LogP contribution in [0, 0.1) is 5.92 Å². The predicted octanol–water partition coefficient (Wildman–Crippen LogP) is 2.85. The molecule has 0 aromatic carbocycles. The Morgan fingerprint density at radius 2 is 2.11 bits per heavy atom. The van der Waals surface area contributed by atoms with Crippen LogP contribution in [0.25, 0.3) is 0 Å². The lowest BCUT2D eigenvalue weighted by Gasteiger charge is -2.14. The van der Waals surface area contributed by atoms with Gasteiger partial charge in [-0.2, -0.15) is 13.2 Å². The molecule has 1 fully saturated rings. The zero-order valence-electron chi connectivity index (χ0n) is 15.5. The van der Waals surface area contributed by atoms with E-state index in [0.717, 1.165) is 25.0 Å². The number of pyridine rings is 1. The third-order valence-corrected chi connectivity index (χ3v) is 3.82. The number of aromatic nitrogens is 1. The standard InChI is InChI=1S/C18H27F3N4O2/c1-2-22-17(24-9-4-11-26-13-14-6-7-14)25-10-12-27-16-15(18(19,20)21)5-3-8-23-16/h3,5,8,14H,2,4,6-7,9-13H2,1H3,(H2,22,24,25). The highest BCUT2D eigenvalue weighted by molar-refractivity contribution is 5.79. The molecule has 6 nitrogen and oxygen atoms in total. The highest BCUT2D eigenvalue weighted by Crippen LogP contribution is 2.34. The van der Waals surface area contributed by atoms with Crippen molar-refractivity contribution >= 4 is 5.96 Å². The number of alkyl halides is 3. The topological polar surface area (TPSA) is 67.8 Å². The zero-order chi connectivity index (χ0) is 19.5. The summed E-state index contributed by atoms with van der Waals surface area (Å²) in [7, 11) is 0. The smallest absolute Gasteiger partial charge is 0.421 e. The van der Waals surface area contributed by atoms with Gasteiger partial charge in [-0.25, -0.2) is 4.98 Å². The molecule has 0 radical (unpaired) electrons. The number of guanidine groups is 1. The molecule has 1 aliphatic carbocycles. The second-order valence-electron chi connectivity index (χ2n) is 6.26. The van der Waals surface area contributed by atoms with Gasteiger partial charge in [0.15, 0.2) is 5.96 Å². The van der Waals surface area contributed by atoms with Crippen LogP contribution in [0.5, 0.6) is 5.88 Å². The van der Waals surface area contributed by atoms with Gasteiger partial charge in [0.25, 0.3) is 0 Å². The largest absolute Gasteiger partial charge is 0.475 e. The van der Waals surface area contributed by atoms with Crippen LogP contribution in [-0.4, -0.2) is 50.4 Å². The lowest BCUT2D eigenvalue weighted by molar-refractivity contribution is -0.139.